The molecule has 6 aromatic rings. The predicted molar refractivity (Wildman–Crippen MR) is 257 cm³/mol. The largest absolute Gasteiger partial charge is 0.534 e. The molecule has 2 atom stereocenters. The zero-order valence-corrected chi connectivity index (χ0v) is 39.4. The SMILES string of the molecule is CC(C)N(CC(Cc1cc(C(O[SiH](c2ccccc2)c2ccccc2)C(C)(C)C)ccc1O[Si](c1ccccc1)(c1ccccc1)C(C)(C)C)c1ccccc1)C(C)C. The third kappa shape index (κ3) is 10.4. The summed E-state index contributed by atoms with van der Waals surface area (Å²) in [5, 5.41) is 4.93. The van der Waals surface area contributed by atoms with Crippen molar-refractivity contribution in [3.8, 4) is 5.75 Å². The van der Waals surface area contributed by atoms with Crippen molar-refractivity contribution in [3.63, 3.8) is 0 Å². The lowest BCUT2D eigenvalue weighted by Crippen LogP contribution is -2.68. The molecule has 0 fully saturated rings. The average Bonchev–Trinajstić information content (AvgIpc) is 3.22. The van der Waals surface area contributed by atoms with Gasteiger partial charge in [0.2, 0.25) is 9.04 Å². The van der Waals surface area contributed by atoms with Crippen molar-refractivity contribution in [2.45, 2.75) is 105 Å². The van der Waals surface area contributed by atoms with Gasteiger partial charge in [-0.1, -0.05) is 199 Å². The quantitative estimate of drug-likeness (QED) is 0.0909. The van der Waals surface area contributed by atoms with Crippen LogP contribution in [0.5, 0.6) is 5.75 Å². The number of hydrogen-bond donors (Lipinski definition) is 0. The summed E-state index contributed by atoms with van der Waals surface area (Å²) in [6.45, 7) is 24.3. The Morgan fingerprint density at radius 2 is 0.983 bits per heavy atom. The van der Waals surface area contributed by atoms with Gasteiger partial charge in [0, 0.05) is 24.5 Å². The first-order chi connectivity index (χ1) is 28.2. The average molecular weight is 818 g/mol. The highest BCUT2D eigenvalue weighted by Gasteiger charge is 2.52. The molecule has 308 valence electrons. The molecular formula is C54H67NO2Si2. The van der Waals surface area contributed by atoms with Crippen LogP contribution in [0.25, 0.3) is 0 Å². The van der Waals surface area contributed by atoms with Gasteiger partial charge in [-0.3, -0.25) is 4.90 Å². The highest BCUT2D eigenvalue weighted by molar-refractivity contribution is 7.00. The first-order valence-corrected chi connectivity index (χ1v) is 25.2. The van der Waals surface area contributed by atoms with Crippen LogP contribution in [0.15, 0.2) is 170 Å². The second-order valence-corrected chi connectivity index (χ2v) is 25.5. The smallest absolute Gasteiger partial charge is 0.319 e. The van der Waals surface area contributed by atoms with Crippen molar-refractivity contribution in [3.05, 3.63) is 187 Å². The Morgan fingerprint density at radius 3 is 1.41 bits per heavy atom. The summed E-state index contributed by atoms with van der Waals surface area (Å²) in [6, 6.07) is 62.8. The second-order valence-electron chi connectivity index (χ2n) is 18.9. The Kier molecular flexibility index (Phi) is 14.4. The van der Waals surface area contributed by atoms with Crippen molar-refractivity contribution < 1.29 is 8.85 Å². The molecule has 59 heavy (non-hydrogen) atoms. The molecule has 3 nitrogen and oxygen atoms in total. The molecule has 0 bridgehead atoms. The summed E-state index contributed by atoms with van der Waals surface area (Å²) in [5.41, 5.74) is 3.59. The van der Waals surface area contributed by atoms with Crippen LogP contribution in [0.1, 0.15) is 97.9 Å². The van der Waals surface area contributed by atoms with Crippen LogP contribution in [-0.4, -0.2) is 40.9 Å². The fourth-order valence-corrected chi connectivity index (χ4v) is 16.1. The Hall–Kier alpha value is -4.53. The van der Waals surface area contributed by atoms with Crippen LogP contribution in [-0.2, 0) is 10.8 Å². The summed E-state index contributed by atoms with van der Waals surface area (Å²) >= 11 is 0. The van der Waals surface area contributed by atoms with Crippen LogP contribution in [0, 0.1) is 5.41 Å². The highest BCUT2D eigenvalue weighted by Crippen LogP contribution is 2.42. The molecule has 0 radical (unpaired) electrons. The zero-order chi connectivity index (χ0) is 42.2. The Balaban J connectivity index is 1.56. The molecular weight excluding hydrogens is 751 g/mol. The standard InChI is InChI=1S/C54H67NO2Si2/c1-41(2)55(42(3)4)40-46(43-26-16-11-17-27-43)39-45-38-44(52(53(5,6)7)56-58(47-28-18-12-19-29-47)48-30-20-13-21-31-48)36-37-51(45)57-59(54(8,9)10,49-32-22-14-23-33-49)50-34-24-15-25-35-50/h11-38,41-42,46,52,58H,39-40H2,1-10H3. The van der Waals surface area contributed by atoms with E-state index in [2.05, 4.69) is 244 Å². The van der Waals surface area contributed by atoms with Gasteiger partial charge in [-0.05, 0) is 94.1 Å². The van der Waals surface area contributed by atoms with Gasteiger partial charge in [0.1, 0.15) is 5.75 Å². The first-order valence-electron chi connectivity index (χ1n) is 21.7. The van der Waals surface area contributed by atoms with Crippen molar-refractivity contribution in [1.29, 1.82) is 0 Å². The minimum Gasteiger partial charge on any atom is -0.534 e. The van der Waals surface area contributed by atoms with E-state index < -0.39 is 17.4 Å². The fraction of sp³-hybridized carbons (Fsp3) is 0.333. The minimum absolute atomic E-state index is 0.154. The van der Waals surface area contributed by atoms with E-state index in [1.807, 2.05) is 0 Å². The van der Waals surface area contributed by atoms with Gasteiger partial charge in [0.05, 0.1) is 6.10 Å². The molecule has 0 saturated heterocycles. The van der Waals surface area contributed by atoms with E-state index in [1.165, 1.54) is 37.4 Å². The van der Waals surface area contributed by atoms with Gasteiger partial charge in [0.25, 0.3) is 0 Å². The number of nitrogens with zero attached hydrogens (tertiary/aromatic N) is 1. The molecule has 6 rings (SSSR count). The van der Waals surface area contributed by atoms with Crippen LogP contribution in [0.2, 0.25) is 5.04 Å². The van der Waals surface area contributed by atoms with E-state index >= 15 is 0 Å². The van der Waals surface area contributed by atoms with Gasteiger partial charge in [0.15, 0.2) is 0 Å². The molecule has 0 heterocycles. The third-order valence-corrected chi connectivity index (χ3v) is 19.3. The second kappa shape index (κ2) is 19.2. The summed E-state index contributed by atoms with van der Waals surface area (Å²) < 4.78 is 15.5. The molecule has 0 aromatic heterocycles. The molecule has 0 N–H and O–H groups in total. The predicted octanol–water partition coefficient (Wildman–Crippen LogP) is 10.7. The highest BCUT2D eigenvalue weighted by atomic mass is 28.4. The topological polar surface area (TPSA) is 21.7 Å². The summed E-state index contributed by atoms with van der Waals surface area (Å²) in [6.07, 6.45) is 0.675. The summed E-state index contributed by atoms with van der Waals surface area (Å²) in [7, 11) is -5.05. The van der Waals surface area contributed by atoms with Crippen LogP contribution < -0.4 is 25.2 Å². The zero-order valence-electron chi connectivity index (χ0n) is 37.2. The molecule has 0 aliphatic heterocycles. The molecule has 0 spiro atoms. The Labute approximate surface area is 359 Å². The number of hydrogen-bond acceptors (Lipinski definition) is 3. The van der Waals surface area contributed by atoms with Crippen molar-refractivity contribution in [2.24, 2.45) is 5.41 Å². The maximum Gasteiger partial charge on any atom is 0.319 e. The Morgan fingerprint density at radius 1 is 0.542 bits per heavy atom. The van der Waals surface area contributed by atoms with Gasteiger partial charge in [-0.25, -0.2) is 0 Å². The summed E-state index contributed by atoms with van der Waals surface area (Å²) in [4.78, 5) is 2.64. The third-order valence-electron chi connectivity index (χ3n) is 11.8. The minimum atomic E-state index is -2.95. The van der Waals surface area contributed by atoms with Crippen molar-refractivity contribution >= 4 is 38.1 Å². The lowest BCUT2D eigenvalue weighted by Gasteiger charge is -2.43. The van der Waals surface area contributed by atoms with E-state index in [4.69, 9.17) is 8.85 Å². The van der Waals surface area contributed by atoms with Crippen LogP contribution in [0.3, 0.4) is 0 Å². The molecule has 2 unspecified atom stereocenters. The normalized spacial score (nSPS) is 13.6. The van der Waals surface area contributed by atoms with Gasteiger partial charge < -0.3 is 8.85 Å². The maximum absolute atomic E-state index is 7.94. The Bertz CT molecular complexity index is 2080. The van der Waals surface area contributed by atoms with Crippen molar-refractivity contribution in [2.75, 3.05) is 6.54 Å². The lowest BCUT2D eigenvalue weighted by molar-refractivity contribution is 0.0896. The molecule has 5 heteroatoms. The number of benzene rings is 6. The van der Waals surface area contributed by atoms with Gasteiger partial charge in [-0.2, -0.15) is 0 Å². The van der Waals surface area contributed by atoms with Crippen LogP contribution in [0.4, 0.5) is 0 Å². The monoisotopic (exact) mass is 817 g/mol. The van der Waals surface area contributed by atoms with Crippen LogP contribution >= 0.6 is 0 Å². The van der Waals surface area contributed by atoms with E-state index in [0.29, 0.717) is 12.1 Å². The number of rotatable bonds is 16. The summed E-state index contributed by atoms with van der Waals surface area (Å²) in [5.74, 6) is 1.21. The molecule has 0 saturated carbocycles. The van der Waals surface area contributed by atoms with Gasteiger partial charge in [-0.15, -0.1) is 0 Å². The van der Waals surface area contributed by atoms with E-state index in [1.54, 1.807) is 0 Å². The van der Waals surface area contributed by atoms with E-state index in [-0.39, 0.29) is 22.5 Å². The lowest BCUT2D eigenvalue weighted by atomic mass is 9.83. The fourth-order valence-electron chi connectivity index (χ4n) is 8.91. The van der Waals surface area contributed by atoms with Gasteiger partial charge >= 0.3 is 8.32 Å². The molecule has 0 amide bonds. The van der Waals surface area contributed by atoms with E-state index in [9.17, 15) is 0 Å². The van der Waals surface area contributed by atoms with Crippen molar-refractivity contribution in [1.82, 2.24) is 4.90 Å². The van der Waals surface area contributed by atoms with E-state index in [0.717, 1.165) is 18.7 Å². The molecule has 0 aliphatic rings. The molecule has 0 aliphatic carbocycles. The molecule has 6 aromatic carbocycles. The first kappa shape index (κ1) is 44.0. The maximum atomic E-state index is 7.94.